The predicted molar refractivity (Wildman–Crippen MR) is 22.0 cm³/mol. The number of rotatable bonds is 1. The Labute approximate surface area is 41.5 Å². The molecule has 0 fully saturated rings. The molecular weight excluding hydrogens is 60.3 g/mol. The number of hydrogen-bond acceptors (Lipinski definition) is 0. The molecule has 22 valence electrons. The van der Waals surface area contributed by atoms with Crippen LogP contribution in [0.2, 0.25) is 4.55 Å². The van der Waals surface area contributed by atoms with Crippen LogP contribution in [0.1, 0.15) is 14.8 Å². The first kappa shape index (κ1) is 4.77. The molecule has 0 radical (unpaired) electrons. The Morgan fingerprint density at radius 1 is 2.00 bits per heavy atom. The minimum Gasteiger partial charge on any atom is -1.00 e. The second kappa shape index (κ2) is 3.77. The molecule has 0 saturated carbocycles. The minimum atomic E-state index is 0. The van der Waals surface area contributed by atoms with E-state index in [2.05, 4.69) is 6.92 Å². The summed E-state index contributed by atoms with van der Waals surface area (Å²) in [6, 6.07) is 0. The van der Waals surface area contributed by atoms with E-state index in [4.69, 9.17) is 0 Å². The van der Waals surface area contributed by atoms with E-state index in [0.717, 1.165) is 0 Å². The van der Waals surface area contributed by atoms with Crippen molar-refractivity contribution in [2.24, 2.45) is 0 Å². The van der Waals surface area contributed by atoms with Gasteiger partial charge < -0.3 is 1.43 Å². The Balaban J connectivity index is 0. The minimum absolute atomic E-state index is 0. The molecule has 0 N–H and O–H groups in total. The van der Waals surface area contributed by atoms with Gasteiger partial charge in [0.25, 0.3) is 0 Å². The van der Waals surface area contributed by atoms with Gasteiger partial charge >= 0.3 is 39.6 Å². The molecule has 0 aliphatic carbocycles. The molecule has 0 aromatic carbocycles. The number of hydrogen-bond donors (Lipinski definition) is 0. The fourth-order valence-electron chi connectivity index (χ4n) is 0. The Hall–Kier alpha value is 0.766. The molecule has 0 spiro atoms. The van der Waals surface area contributed by atoms with Gasteiger partial charge in [-0.25, -0.2) is 0 Å². The molecule has 0 rings (SSSR count). The Kier molecular flexibility index (Phi) is 4.49. The third-order valence-electron chi connectivity index (χ3n) is 0.354. The molecule has 0 aromatic rings. The summed E-state index contributed by atoms with van der Waals surface area (Å²) in [6.07, 6.45) is 1.33. The smallest absolute Gasteiger partial charge is 1.00 e. The van der Waals surface area contributed by atoms with Crippen LogP contribution in [0.3, 0.4) is 0 Å². The van der Waals surface area contributed by atoms with Gasteiger partial charge in [0.05, 0.1) is 0 Å². The van der Waals surface area contributed by atoms with Gasteiger partial charge in [0.1, 0.15) is 0 Å². The first-order chi connectivity index (χ1) is 1.91. The molecule has 0 atom stereocenters. The van der Waals surface area contributed by atoms with Crippen LogP contribution in [0.5, 0.6) is 0 Å². The summed E-state index contributed by atoms with van der Waals surface area (Å²) >= 11 is 2.02. The molecule has 0 heterocycles. The average molecular weight is 68.4 g/mol. The molecule has 0 saturated heterocycles. The largest absolute Gasteiger partial charge is 1.00 e. The van der Waals surface area contributed by atoms with Crippen molar-refractivity contribution >= 4 is 21.7 Å². The molecular formula is C3H8Mg. The molecule has 0 aliphatic rings. The Morgan fingerprint density at radius 2 is 2.25 bits per heavy atom. The Bertz CT molecular complexity index is 8.85. The summed E-state index contributed by atoms with van der Waals surface area (Å²) in [4.78, 5) is 0. The van der Waals surface area contributed by atoms with Gasteiger partial charge in [0.2, 0.25) is 0 Å². The van der Waals surface area contributed by atoms with Crippen LogP contribution in [0, 0.1) is 0 Å². The first-order valence-electron chi connectivity index (χ1n) is 1.71. The zero-order valence-corrected chi connectivity index (χ0v) is 4.54. The molecule has 4 heavy (non-hydrogen) atoms. The van der Waals surface area contributed by atoms with E-state index in [1.54, 1.807) is 0 Å². The van der Waals surface area contributed by atoms with Gasteiger partial charge in [-0.05, 0) is 0 Å². The molecule has 0 aliphatic heterocycles. The molecule has 0 bridgehead atoms. The van der Waals surface area contributed by atoms with Crippen molar-refractivity contribution in [3.8, 4) is 0 Å². The van der Waals surface area contributed by atoms with Gasteiger partial charge in [0, 0.05) is 0 Å². The first-order valence-corrected chi connectivity index (χ1v) is 2.71. The van der Waals surface area contributed by atoms with Crippen LogP contribution in [-0.4, -0.2) is 21.7 Å². The van der Waals surface area contributed by atoms with E-state index >= 15 is 0 Å². The zero-order valence-electron chi connectivity index (χ0n) is 4.12. The predicted octanol–water partition coefficient (Wildman–Crippen LogP) is 1.10. The molecule has 0 amide bonds. The van der Waals surface area contributed by atoms with Gasteiger partial charge in [0.15, 0.2) is 0 Å². The fraction of sp³-hybridized carbons (Fsp3) is 1.00. The maximum atomic E-state index is 2.19. The van der Waals surface area contributed by atoms with Crippen molar-refractivity contribution in [1.29, 1.82) is 0 Å². The summed E-state index contributed by atoms with van der Waals surface area (Å²) in [6.45, 7) is 2.19. The second-order valence-electron chi connectivity index (χ2n) is 0.854. The van der Waals surface area contributed by atoms with Crippen molar-refractivity contribution in [2.75, 3.05) is 0 Å². The van der Waals surface area contributed by atoms with Crippen LogP contribution in [0.15, 0.2) is 0 Å². The third kappa shape index (κ3) is 2.77. The van der Waals surface area contributed by atoms with Crippen LogP contribution in [0.25, 0.3) is 0 Å². The van der Waals surface area contributed by atoms with E-state index in [1.807, 2.05) is 21.7 Å². The van der Waals surface area contributed by atoms with Crippen LogP contribution >= 0.6 is 0 Å². The summed E-state index contributed by atoms with van der Waals surface area (Å²) in [5.41, 5.74) is 0. The quantitative estimate of drug-likeness (QED) is 0.404. The van der Waals surface area contributed by atoms with Crippen LogP contribution < -0.4 is 0 Å². The van der Waals surface area contributed by atoms with Gasteiger partial charge in [-0.3, -0.25) is 0 Å². The third-order valence-corrected chi connectivity index (χ3v) is 1.06. The van der Waals surface area contributed by atoms with Crippen molar-refractivity contribution < 1.29 is 1.43 Å². The fourth-order valence-corrected chi connectivity index (χ4v) is 0. The maximum Gasteiger partial charge on any atom is -1.00 e. The van der Waals surface area contributed by atoms with Crippen molar-refractivity contribution in [2.45, 2.75) is 17.9 Å². The van der Waals surface area contributed by atoms with Crippen molar-refractivity contribution in [1.82, 2.24) is 0 Å². The van der Waals surface area contributed by atoms with Crippen LogP contribution in [-0.2, 0) is 0 Å². The van der Waals surface area contributed by atoms with E-state index in [0.29, 0.717) is 0 Å². The van der Waals surface area contributed by atoms with Gasteiger partial charge in [-0.2, -0.15) is 0 Å². The van der Waals surface area contributed by atoms with E-state index in [1.165, 1.54) is 11.0 Å². The van der Waals surface area contributed by atoms with E-state index in [9.17, 15) is 0 Å². The summed E-state index contributed by atoms with van der Waals surface area (Å²) in [5.74, 6) is 0. The molecule has 0 unspecified atom stereocenters. The maximum absolute atomic E-state index is 2.19. The van der Waals surface area contributed by atoms with Crippen LogP contribution in [0.4, 0.5) is 0 Å². The molecule has 0 nitrogen and oxygen atoms in total. The van der Waals surface area contributed by atoms with E-state index < -0.39 is 0 Å². The zero-order chi connectivity index (χ0) is 3.41. The normalized spacial score (nSPS) is 7.75. The van der Waals surface area contributed by atoms with Crippen molar-refractivity contribution in [3.05, 3.63) is 0 Å². The summed E-state index contributed by atoms with van der Waals surface area (Å²) in [7, 11) is 0. The van der Waals surface area contributed by atoms with Crippen molar-refractivity contribution in [3.63, 3.8) is 0 Å². The summed E-state index contributed by atoms with van der Waals surface area (Å²) < 4.78 is 1.35. The summed E-state index contributed by atoms with van der Waals surface area (Å²) in [5, 5.41) is 0. The molecule has 1 heteroatoms. The van der Waals surface area contributed by atoms with Gasteiger partial charge in [-0.15, -0.1) is 0 Å². The second-order valence-corrected chi connectivity index (χ2v) is 1.56. The molecule has 0 aromatic heterocycles. The standard InChI is InChI=1S/C3H7.Mg.H/c1-3-2;;/h1,3H2,2H3;;/q;+1;-1. The van der Waals surface area contributed by atoms with Gasteiger partial charge in [-0.1, -0.05) is 0 Å². The topological polar surface area (TPSA) is 0 Å². The van der Waals surface area contributed by atoms with E-state index in [-0.39, 0.29) is 1.43 Å². The SMILES string of the molecule is CC[CH2][Mg+].[H-]. The average Bonchev–Trinajstić information content (AvgIpc) is 1.37. The monoisotopic (exact) mass is 68.0 g/mol. The Morgan fingerprint density at radius 3 is 2.25 bits per heavy atom.